The van der Waals surface area contributed by atoms with Crippen LogP contribution in [0, 0.1) is 0 Å². The molecule has 0 fully saturated rings. The molecule has 0 atom stereocenters. The lowest BCUT2D eigenvalue weighted by molar-refractivity contribution is 0.138. The molecular weight excluding hydrogens is 246 g/mol. The van der Waals surface area contributed by atoms with Crippen molar-refractivity contribution in [2.24, 2.45) is 0 Å². The molecule has 1 aromatic rings. The van der Waals surface area contributed by atoms with Crippen LogP contribution in [0.15, 0.2) is 18.2 Å². The maximum atomic E-state index is 5.96. The van der Waals surface area contributed by atoms with Crippen molar-refractivity contribution in [1.82, 2.24) is 5.32 Å². The summed E-state index contributed by atoms with van der Waals surface area (Å²) in [6, 6.07) is 6.74. The number of hydrogen-bond acceptors (Lipinski definition) is 2. The van der Waals surface area contributed by atoms with Crippen LogP contribution in [0.4, 0.5) is 0 Å². The molecule has 2 heteroatoms. The lowest BCUT2D eigenvalue weighted by atomic mass is 9.80. The van der Waals surface area contributed by atoms with Crippen LogP contribution in [-0.2, 0) is 11.8 Å². The predicted molar refractivity (Wildman–Crippen MR) is 85.7 cm³/mol. The molecule has 0 radical (unpaired) electrons. The third-order valence-electron chi connectivity index (χ3n) is 4.20. The smallest absolute Gasteiger partial charge is 0.123 e. The number of benzene rings is 1. The molecular formula is C18H29NO. The Morgan fingerprint density at radius 2 is 2.00 bits per heavy atom. The fourth-order valence-corrected chi connectivity index (χ4v) is 2.88. The van der Waals surface area contributed by atoms with Gasteiger partial charge in [0.1, 0.15) is 11.4 Å². The van der Waals surface area contributed by atoms with Crippen LogP contribution in [0.2, 0.25) is 0 Å². The van der Waals surface area contributed by atoms with E-state index in [2.05, 4.69) is 58.1 Å². The van der Waals surface area contributed by atoms with Crippen molar-refractivity contribution in [3.63, 3.8) is 0 Å². The lowest BCUT2D eigenvalue weighted by Crippen LogP contribution is -2.26. The van der Waals surface area contributed by atoms with E-state index in [0.717, 1.165) is 31.7 Å². The van der Waals surface area contributed by atoms with Gasteiger partial charge in [0.2, 0.25) is 0 Å². The summed E-state index contributed by atoms with van der Waals surface area (Å²) >= 11 is 0. The van der Waals surface area contributed by atoms with E-state index in [1.807, 2.05) is 0 Å². The molecule has 1 heterocycles. The van der Waals surface area contributed by atoms with E-state index >= 15 is 0 Å². The summed E-state index contributed by atoms with van der Waals surface area (Å²) in [5.74, 6) is 1.07. The highest BCUT2D eigenvalue weighted by atomic mass is 16.5. The van der Waals surface area contributed by atoms with E-state index in [-0.39, 0.29) is 11.0 Å². The van der Waals surface area contributed by atoms with Gasteiger partial charge in [-0.05, 0) is 62.4 Å². The summed E-state index contributed by atoms with van der Waals surface area (Å²) in [6.07, 6.45) is 3.38. The number of ether oxygens (including phenoxy) is 1. The van der Waals surface area contributed by atoms with Gasteiger partial charge in [-0.2, -0.15) is 0 Å². The normalized spacial score (nSPS) is 16.9. The van der Waals surface area contributed by atoms with Crippen LogP contribution in [0.1, 0.15) is 58.6 Å². The Hall–Kier alpha value is -1.02. The first-order chi connectivity index (χ1) is 9.34. The molecule has 2 rings (SSSR count). The van der Waals surface area contributed by atoms with Crippen LogP contribution < -0.4 is 10.1 Å². The molecule has 112 valence electrons. The van der Waals surface area contributed by atoms with Crippen LogP contribution in [-0.4, -0.2) is 18.7 Å². The van der Waals surface area contributed by atoms with Crippen molar-refractivity contribution in [2.45, 2.75) is 64.9 Å². The first kappa shape index (κ1) is 15.4. The second-order valence-corrected chi connectivity index (χ2v) is 7.24. The Morgan fingerprint density at radius 3 is 2.70 bits per heavy atom. The van der Waals surface area contributed by atoms with Gasteiger partial charge in [-0.15, -0.1) is 0 Å². The first-order valence-electron chi connectivity index (χ1n) is 7.87. The molecule has 0 bridgehead atoms. The molecule has 2 nitrogen and oxygen atoms in total. The third kappa shape index (κ3) is 3.54. The van der Waals surface area contributed by atoms with E-state index in [0.29, 0.717) is 0 Å². The van der Waals surface area contributed by atoms with Crippen LogP contribution in [0.25, 0.3) is 0 Å². The Morgan fingerprint density at radius 1 is 1.25 bits per heavy atom. The summed E-state index contributed by atoms with van der Waals surface area (Å²) < 4.78 is 5.96. The number of fused-ring (bicyclic) bond motifs is 1. The molecule has 1 N–H and O–H groups in total. The molecule has 0 unspecified atom stereocenters. The molecule has 0 spiro atoms. The average Bonchev–Trinajstić information content (AvgIpc) is 2.67. The molecule has 20 heavy (non-hydrogen) atoms. The lowest BCUT2D eigenvalue weighted by Gasteiger charge is -2.26. The zero-order valence-corrected chi connectivity index (χ0v) is 13.7. The maximum Gasteiger partial charge on any atom is 0.123 e. The zero-order chi connectivity index (χ0) is 14.8. The first-order valence-corrected chi connectivity index (χ1v) is 7.87. The minimum atomic E-state index is -0.0478. The van der Waals surface area contributed by atoms with Gasteiger partial charge in [0.05, 0.1) is 0 Å². The average molecular weight is 275 g/mol. The highest BCUT2D eigenvalue weighted by molar-refractivity contribution is 5.43. The van der Waals surface area contributed by atoms with Gasteiger partial charge in [-0.25, -0.2) is 0 Å². The van der Waals surface area contributed by atoms with Gasteiger partial charge in [-0.3, -0.25) is 0 Å². The molecule has 0 aromatic heterocycles. The van der Waals surface area contributed by atoms with E-state index in [4.69, 9.17) is 4.74 Å². The van der Waals surface area contributed by atoms with E-state index in [9.17, 15) is 0 Å². The molecule has 1 aromatic carbocycles. The predicted octanol–water partition coefficient (Wildman–Crippen LogP) is 4.07. The summed E-state index contributed by atoms with van der Waals surface area (Å²) in [5.41, 5.74) is 2.95. The maximum absolute atomic E-state index is 5.96. The van der Waals surface area contributed by atoms with Crippen molar-refractivity contribution < 1.29 is 4.74 Å². The van der Waals surface area contributed by atoms with Gasteiger partial charge in [-0.1, -0.05) is 32.9 Å². The molecule has 0 saturated carbocycles. The van der Waals surface area contributed by atoms with Crippen LogP contribution in [0.3, 0.4) is 0 Å². The van der Waals surface area contributed by atoms with Crippen molar-refractivity contribution in [3.8, 4) is 5.75 Å². The van der Waals surface area contributed by atoms with Crippen molar-refractivity contribution in [3.05, 3.63) is 29.3 Å². The van der Waals surface area contributed by atoms with Crippen molar-refractivity contribution in [2.75, 3.05) is 13.1 Å². The van der Waals surface area contributed by atoms with Crippen molar-refractivity contribution in [1.29, 1.82) is 0 Å². The Bertz CT molecular complexity index is 462. The van der Waals surface area contributed by atoms with E-state index in [1.165, 1.54) is 17.5 Å². The molecule has 0 saturated heterocycles. The monoisotopic (exact) mass is 275 g/mol. The zero-order valence-electron chi connectivity index (χ0n) is 13.7. The fraction of sp³-hybridized carbons (Fsp3) is 0.667. The standard InChI is InChI=1S/C18H29NO/c1-6-10-19-11-9-17(2,3)15-7-8-16-14(12-15)13-18(4,5)20-16/h7-8,12,19H,6,9-11,13H2,1-5H3. The topological polar surface area (TPSA) is 21.3 Å². The quantitative estimate of drug-likeness (QED) is 0.790. The van der Waals surface area contributed by atoms with Gasteiger partial charge >= 0.3 is 0 Å². The highest BCUT2D eigenvalue weighted by Crippen LogP contribution is 2.38. The number of hydrogen-bond donors (Lipinski definition) is 1. The van der Waals surface area contributed by atoms with Crippen LogP contribution in [0.5, 0.6) is 5.75 Å². The summed E-state index contributed by atoms with van der Waals surface area (Å²) in [6.45, 7) is 13.4. The van der Waals surface area contributed by atoms with E-state index < -0.39 is 0 Å². The SMILES string of the molecule is CCCNCCC(C)(C)c1ccc2c(c1)CC(C)(C)O2. The highest BCUT2D eigenvalue weighted by Gasteiger charge is 2.31. The molecule has 0 aliphatic carbocycles. The minimum Gasteiger partial charge on any atom is -0.487 e. The Kier molecular flexibility index (Phi) is 4.43. The number of nitrogens with one attached hydrogen (secondary N) is 1. The largest absolute Gasteiger partial charge is 0.487 e. The summed E-state index contributed by atoms with van der Waals surface area (Å²) in [4.78, 5) is 0. The third-order valence-corrected chi connectivity index (χ3v) is 4.20. The molecule has 1 aliphatic heterocycles. The van der Waals surface area contributed by atoms with Gasteiger partial charge < -0.3 is 10.1 Å². The van der Waals surface area contributed by atoms with Gasteiger partial charge in [0.25, 0.3) is 0 Å². The molecule has 1 aliphatic rings. The minimum absolute atomic E-state index is 0.0478. The second-order valence-electron chi connectivity index (χ2n) is 7.24. The van der Waals surface area contributed by atoms with Gasteiger partial charge in [0.15, 0.2) is 0 Å². The Labute approximate surface area is 123 Å². The molecule has 0 amide bonds. The van der Waals surface area contributed by atoms with Crippen molar-refractivity contribution >= 4 is 0 Å². The fourth-order valence-electron chi connectivity index (χ4n) is 2.88. The Balaban J connectivity index is 2.06. The van der Waals surface area contributed by atoms with E-state index in [1.54, 1.807) is 0 Å². The second kappa shape index (κ2) is 5.77. The summed E-state index contributed by atoms with van der Waals surface area (Å²) in [7, 11) is 0. The van der Waals surface area contributed by atoms with Crippen LogP contribution >= 0.6 is 0 Å². The number of rotatable bonds is 6. The van der Waals surface area contributed by atoms with Gasteiger partial charge in [0, 0.05) is 6.42 Å². The summed E-state index contributed by atoms with van der Waals surface area (Å²) in [5, 5.41) is 3.50.